The van der Waals surface area contributed by atoms with Gasteiger partial charge in [-0.2, -0.15) is 0 Å². The number of carbonyl (C=O) groups is 1. The molecule has 2 aromatic heterocycles. The molecule has 4 rings (SSSR count). The fraction of sp³-hybridized carbons (Fsp3) is 0.300. The smallest absolute Gasteiger partial charge is 0.341 e. The summed E-state index contributed by atoms with van der Waals surface area (Å²) in [6.07, 6.45) is 3.60. The summed E-state index contributed by atoms with van der Waals surface area (Å²) < 4.78 is 13.8. The fourth-order valence-electron chi connectivity index (χ4n) is 3.44. The first-order valence-electron chi connectivity index (χ1n) is 9.18. The van der Waals surface area contributed by atoms with Crippen molar-refractivity contribution in [1.29, 1.82) is 0 Å². The molecular formula is C20H20IN5O3. The molecule has 0 saturated heterocycles. The number of nitrogens with zero attached hydrogens (tertiary/aromatic N) is 4. The van der Waals surface area contributed by atoms with Crippen molar-refractivity contribution in [3.05, 3.63) is 51.9 Å². The molecule has 1 aliphatic rings. The zero-order valence-corrected chi connectivity index (χ0v) is 17.9. The second kappa shape index (κ2) is 8.36. The first-order valence-corrected chi connectivity index (χ1v) is 10.3. The second-order valence-electron chi connectivity index (χ2n) is 6.94. The molecule has 8 nitrogen and oxygen atoms in total. The van der Waals surface area contributed by atoms with Gasteiger partial charge in [0, 0.05) is 9.61 Å². The molecule has 29 heavy (non-hydrogen) atoms. The van der Waals surface area contributed by atoms with Crippen LogP contribution in [0.5, 0.6) is 5.75 Å². The monoisotopic (exact) mass is 505 g/mol. The molecule has 0 atom stereocenters. The number of ether oxygens (including phenoxy) is 2. The Bertz CT molecular complexity index is 1030. The Morgan fingerprint density at radius 2 is 2.14 bits per heavy atom. The Morgan fingerprint density at radius 3 is 2.90 bits per heavy atom. The summed E-state index contributed by atoms with van der Waals surface area (Å²) in [4.78, 5) is 16.3. The van der Waals surface area contributed by atoms with Gasteiger partial charge in [0.1, 0.15) is 29.2 Å². The van der Waals surface area contributed by atoms with E-state index < -0.39 is 5.97 Å². The number of methoxy groups -OCH3 is 1. The van der Waals surface area contributed by atoms with Crippen LogP contribution in [0, 0.1) is 9.49 Å². The maximum Gasteiger partial charge on any atom is 0.341 e. The van der Waals surface area contributed by atoms with Crippen LogP contribution < -0.4 is 10.5 Å². The highest BCUT2D eigenvalue weighted by Crippen LogP contribution is 2.40. The SMILES string of the molecule is COC(=O)c1cc(I)ccc1OCC1CC(n2cnnc2-c2cccc(N)n2)C1. The molecule has 0 bridgehead atoms. The maximum absolute atomic E-state index is 12.0. The van der Waals surface area contributed by atoms with Crippen molar-refractivity contribution in [2.24, 2.45) is 5.92 Å². The first kappa shape index (κ1) is 19.6. The molecule has 9 heteroatoms. The van der Waals surface area contributed by atoms with Crippen LogP contribution in [0.2, 0.25) is 0 Å². The number of carbonyl (C=O) groups excluding carboxylic acids is 1. The van der Waals surface area contributed by atoms with E-state index in [9.17, 15) is 4.79 Å². The van der Waals surface area contributed by atoms with Gasteiger partial charge in [0.15, 0.2) is 5.82 Å². The Balaban J connectivity index is 1.39. The summed E-state index contributed by atoms with van der Waals surface area (Å²) in [7, 11) is 1.37. The average molecular weight is 505 g/mol. The molecule has 0 radical (unpaired) electrons. The van der Waals surface area contributed by atoms with Crippen molar-refractivity contribution in [2.45, 2.75) is 18.9 Å². The lowest BCUT2D eigenvalue weighted by Gasteiger charge is -2.36. The Kier molecular flexibility index (Phi) is 5.65. The van der Waals surface area contributed by atoms with Crippen LogP contribution in [0.4, 0.5) is 5.82 Å². The first-order chi connectivity index (χ1) is 14.0. The van der Waals surface area contributed by atoms with Crippen LogP contribution in [-0.4, -0.2) is 39.4 Å². The number of pyridine rings is 1. The van der Waals surface area contributed by atoms with E-state index in [0.717, 1.165) is 16.4 Å². The minimum Gasteiger partial charge on any atom is -0.492 e. The second-order valence-corrected chi connectivity index (χ2v) is 8.19. The highest BCUT2D eigenvalue weighted by Gasteiger charge is 2.33. The van der Waals surface area contributed by atoms with Crippen molar-refractivity contribution >= 4 is 34.4 Å². The molecular weight excluding hydrogens is 485 g/mol. The van der Waals surface area contributed by atoms with Gasteiger partial charge >= 0.3 is 5.97 Å². The van der Waals surface area contributed by atoms with Gasteiger partial charge in [-0.15, -0.1) is 10.2 Å². The van der Waals surface area contributed by atoms with Crippen LogP contribution in [-0.2, 0) is 4.74 Å². The number of halogens is 1. The quantitative estimate of drug-likeness (QED) is 0.405. The topological polar surface area (TPSA) is 105 Å². The summed E-state index contributed by atoms with van der Waals surface area (Å²) in [5, 5.41) is 8.26. The third kappa shape index (κ3) is 4.19. The highest BCUT2D eigenvalue weighted by atomic mass is 127. The zero-order valence-electron chi connectivity index (χ0n) is 15.8. The number of hydrogen-bond acceptors (Lipinski definition) is 7. The van der Waals surface area contributed by atoms with Crippen LogP contribution in [0.15, 0.2) is 42.7 Å². The van der Waals surface area contributed by atoms with Crippen LogP contribution >= 0.6 is 22.6 Å². The molecule has 3 aromatic rings. The number of nitrogen functional groups attached to an aromatic ring is 1. The lowest BCUT2D eigenvalue weighted by Crippen LogP contribution is -2.31. The highest BCUT2D eigenvalue weighted by molar-refractivity contribution is 14.1. The number of hydrogen-bond donors (Lipinski definition) is 1. The van der Waals surface area contributed by atoms with E-state index in [1.807, 2.05) is 28.8 Å². The summed E-state index contributed by atoms with van der Waals surface area (Å²) >= 11 is 2.16. The van der Waals surface area contributed by atoms with E-state index in [0.29, 0.717) is 41.2 Å². The lowest BCUT2D eigenvalue weighted by molar-refractivity contribution is 0.0591. The van der Waals surface area contributed by atoms with E-state index in [-0.39, 0.29) is 6.04 Å². The molecule has 2 heterocycles. The van der Waals surface area contributed by atoms with Gasteiger partial charge in [-0.3, -0.25) is 0 Å². The summed E-state index contributed by atoms with van der Waals surface area (Å²) in [5.41, 5.74) is 6.95. The normalized spacial score (nSPS) is 18.1. The lowest BCUT2D eigenvalue weighted by atomic mass is 9.80. The van der Waals surface area contributed by atoms with Gasteiger partial charge in [0.05, 0.1) is 13.7 Å². The molecule has 1 aliphatic carbocycles. The standard InChI is InChI=1S/C20H20IN5O3/c1-28-20(27)15-9-13(21)5-6-17(15)29-10-12-7-14(8-12)26-11-23-25-19(26)16-3-2-4-18(22)24-16/h2-6,9,11-12,14H,7-8,10H2,1H3,(H2,22,24). The van der Waals surface area contributed by atoms with E-state index in [4.69, 9.17) is 15.2 Å². The number of anilines is 1. The largest absolute Gasteiger partial charge is 0.492 e. The van der Waals surface area contributed by atoms with Crippen LogP contribution in [0.1, 0.15) is 29.2 Å². The molecule has 0 unspecified atom stereocenters. The van der Waals surface area contributed by atoms with Crippen LogP contribution in [0.25, 0.3) is 11.5 Å². The minimum atomic E-state index is -0.395. The Labute approximate surface area is 181 Å². The molecule has 1 aromatic carbocycles. The van der Waals surface area contributed by atoms with Gasteiger partial charge in [0.25, 0.3) is 0 Å². The average Bonchev–Trinajstić information content (AvgIpc) is 3.16. The molecule has 2 N–H and O–H groups in total. The van der Waals surface area contributed by atoms with Crippen molar-refractivity contribution in [3.63, 3.8) is 0 Å². The van der Waals surface area contributed by atoms with Gasteiger partial charge in [0.2, 0.25) is 0 Å². The molecule has 0 amide bonds. The van der Waals surface area contributed by atoms with E-state index in [1.165, 1.54) is 7.11 Å². The molecule has 1 fully saturated rings. The van der Waals surface area contributed by atoms with Crippen molar-refractivity contribution in [2.75, 3.05) is 19.5 Å². The summed E-state index contributed by atoms with van der Waals surface area (Å²) in [6.45, 7) is 0.537. The molecule has 0 aliphatic heterocycles. The minimum absolute atomic E-state index is 0.286. The number of rotatable bonds is 6. The Hall–Kier alpha value is -2.69. The predicted octanol–water partition coefficient (Wildman–Crippen LogP) is 3.34. The summed E-state index contributed by atoms with van der Waals surface area (Å²) in [5.74, 6) is 1.71. The molecule has 150 valence electrons. The number of benzene rings is 1. The number of nitrogens with two attached hydrogens (primary N) is 1. The zero-order chi connectivity index (χ0) is 20.4. The van der Waals surface area contributed by atoms with E-state index in [2.05, 4.69) is 37.8 Å². The predicted molar refractivity (Wildman–Crippen MR) is 115 cm³/mol. The van der Waals surface area contributed by atoms with Gasteiger partial charge in [-0.1, -0.05) is 6.07 Å². The maximum atomic E-state index is 12.0. The van der Waals surface area contributed by atoms with Crippen LogP contribution in [0.3, 0.4) is 0 Å². The van der Waals surface area contributed by atoms with Crippen molar-refractivity contribution < 1.29 is 14.3 Å². The number of aromatic nitrogens is 4. The summed E-state index contributed by atoms with van der Waals surface area (Å²) in [6, 6.07) is 11.3. The van der Waals surface area contributed by atoms with Crippen molar-refractivity contribution in [3.8, 4) is 17.3 Å². The fourth-order valence-corrected chi connectivity index (χ4v) is 3.93. The van der Waals surface area contributed by atoms with Gasteiger partial charge < -0.3 is 19.8 Å². The third-order valence-corrected chi connectivity index (χ3v) is 5.67. The van der Waals surface area contributed by atoms with Crippen molar-refractivity contribution in [1.82, 2.24) is 19.7 Å². The van der Waals surface area contributed by atoms with Gasteiger partial charge in [-0.05, 0) is 71.7 Å². The Morgan fingerprint density at radius 1 is 1.31 bits per heavy atom. The number of esters is 1. The van der Waals surface area contributed by atoms with E-state index >= 15 is 0 Å². The van der Waals surface area contributed by atoms with Gasteiger partial charge in [-0.25, -0.2) is 9.78 Å². The molecule has 0 spiro atoms. The molecule has 1 saturated carbocycles. The third-order valence-electron chi connectivity index (χ3n) is 5.00. The van der Waals surface area contributed by atoms with E-state index in [1.54, 1.807) is 18.5 Å².